The fourth-order valence-electron chi connectivity index (χ4n) is 2.12. The van der Waals surface area contributed by atoms with Crippen LogP contribution in [0.25, 0.3) is 20.4 Å². The normalized spacial score (nSPS) is 11.1. The second-order valence-corrected chi connectivity index (χ2v) is 6.80. The lowest BCUT2D eigenvalue weighted by Gasteiger charge is -1.99. The van der Waals surface area contributed by atoms with Crippen molar-refractivity contribution in [2.24, 2.45) is 0 Å². The van der Waals surface area contributed by atoms with Crippen LogP contribution in [0.15, 0.2) is 30.9 Å². The number of aromatic nitrogens is 4. The minimum atomic E-state index is -0.267. The number of nitrogens with zero attached hydrogens (tertiary/aromatic N) is 4. The first-order valence-electron chi connectivity index (χ1n) is 6.44. The van der Waals surface area contributed by atoms with Crippen molar-refractivity contribution in [1.82, 2.24) is 19.9 Å². The zero-order valence-electron chi connectivity index (χ0n) is 11.4. The van der Waals surface area contributed by atoms with E-state index in [0.717, 1.165) is 25.4 Å². The average Bonchev–Trinajstić information content (AvgIpc) is 3.09. The Labute approximate surface area is 132 Å². The van der Waals surface area contributed by atoms with Gasteiger partial charge in [0.1, 0.15) is 6.33 Å². The van der Waals surface area contributed by atoms with Crippen molar-refractivity contribution < 1.29 is 4.79 Å². The third-order valence-electron chi connectivity index (χ3n) is 3.06. The third kappa shape index (κ3) is 2.22. The first-order chi connectivity index (χ1) is 10.7. The second kappa shape index (κ2) is 5.08. The highest BCUT2D eigenvalue weighted by molar-refractivity contribution is 7.28. The van der Waals surface area contributed by atoms with Crippen LogP contribution in [0.4, 0.5) is 5.13 Å². The Morgan fingerprint density at radius 1 is 1.05 bits per heavy atom. The molecular weight excluding hydrogens is 318 g/mol. The van der Waals surface area contributed by atoms with Crippen molar-refractivity contribution in [2.45, 2.75) is 6.92 Å². The van der Waals surface area contributed by atoms with E-state index in [0.29, 0.717) is 10.7 Å². The molecule has 0 spiro atoms. The zero-order valence-corrected chi connectivity index (χ0v) is 13.0. The quantitative estimate of drug-likeness (QED) is 0.611. The summed E-state index contributed by atoms with van der Waals surface area (Å²) in [6, 6.07) is 3.88. The maximum absolute atomic E-state index is 12.1. The smallest absolute Gasteiger partial charge is 0.260 e. The molecule has 0 bridgehead atoms. The van der Waals surface area contributed by atoms with Gasteiger partial charge in [-0.2, -0.15) is 0 Å². The molecule has 0 fully saturated rings. The lowest BCUT2D eigenvalue weighted by molar-refractivity contribution is 0.102. The van der Waals surface area contributed by atoms with Gasteiger partial charge in [-0.05, 0) is 19.1 Å². The summed E-state index contributed by atoms with van der Waals surface area (Å²) in [6.45, 7) is 1.98. The van der Waals surface area contributed by atoms with Crippen molar-refractivity contribution in [2.75, 3.05) is 5.32 Å². The molecule has 1 amide bonds. The standard InChI is InChI=1S/C14H9N5OS2/c1-7-17-9-2-3-10-12(11(9)21-7)22-14(18-10)19-13(20)8-4-15-6-16-5-8/h2-6H,1H3,(H,18,19,20). The number of hydrogen-bond donors (Lipinski definition) is 1. The number of nitrogens with one attached hydrogen (secondary N) is 1. The van der Waals surface area contributed by atoms with Crippen molar-refractivity contribution in [1.29, 1.82) is 0 Å². The van der Waals surface area contributed by atoms with E-state index < -0.39 is 0 Å². The summed E-state index contributed by atoms with van der Waals surface area (Å²) < 4.78 is 2.15. The molecule has 0 unspecified atom stereocenters. The van der Waals surface area contributed by atoms with E-state index in [1.54, 1.807) is 11.3 Å². The Morgan fingerprint density at radius 2 is 1.73 bits per heavy atom. The Hall–Kier alpha value is -2.45. The Kier molecular flexibility index (Phi) is 3.05. The molecule has 0 aliphatic rings. The van der Waals surface area contributed by atoms with Crippen LogP contribution in [0, 0.1) is 6.92 Å². The maximum Gasteiger partial charge on any atom is 0.260 e. The van der Waals surface area contributed by atoms with Crippen molar-refractivity contribution >= 4 is 54.1 Å². The fourth-order valence-corrected chi connectivity index (χ4v) is 4.12. The summed E-state index contributed by atoms with van der Waals surface area (Å²) in [4.78, 5) is 28.7. The molecule has 3 aromatic heterocycles. The molecule has 22 heavy (non-hydrogen) atoms. The molecule has 3 heterocycles. The molecule has 108 valence electrons. The number of anilines is 1. The van der Waals surface area contributed by atoms with Crippen LogP contribution in [0.1, 0.15) is 15.4 Å². The van der Waals surface area contributed by atoms with Gasteiger partial charge in [0.15, 0.2) is 5.13 Å². The van der Waals surface area contributed by atoms with E-state index in [1.165, 1.54) is 30.1 Å². The van der Waals surface area contributed by atoms with E-state index in [1.807, 2.05) is 19.1 Å². The van der Waals surface area contributed by atoms with Gasteiger partial charge in [0, 0.05) is 12.4 Å². The summed E-state index contributed by atoms with van der Waals surface area (Å²) in [5.41, 5.74) is 2.23. The number of aryl methyl sites for hydroxylation is 1. The molecule has 1 aromatic carbocycles. The van der Waals surface area contributed by atoms with Crippen molar-refractivity contribution in [3.63, 3.8) is 0 Å². The fraction of sp³-hybridized carbons (Fsp3) is 0.0714. The molecule has 8 heteroatoms. The molecule has 6 nitrogen and oxygen atoms in total. The number of benzene rings is 1. The maximum atomic E-state index is 12.1. The van der Waals surface area contributed by atoms with Crippen LogP contribution >= 0.6 is 22.7 Å². The summed E-state index contributed by atoms with van der Waals surface area (Å²) >= 11 is 3.09. The number of fused-ring (bicyclic) bond motifs is 3. The van der Waals surface area contributed by atoms with Gasteiger partial charge in [-0.25, -0.2) is 19.9 Å². The van der Waals surface area contributed by atoms with Crippen LogP contribution < -0.4 is 5.32 Å². The lowest BCUT2D eigenvalue weighted by Crippen LogP contribution is -2.12. The van der Waals surface area contributed by atoms with Crippen molar-refractivity contribution in [3.8, 4) is 0 Å². The number of amides is 1. The van der Waals surface area contributed by atoms with Crippen molar-refractivity contribution in [3.05, 3.63) is 41.4 Å². The third-order valence-corrected chi connectivity index (χ3v) is 5.20. The molecule has 0 atom stereocenters. The number of carbonyl (C=O) groups excluding carboxylic acids is 1. The first kappa shape index (κ1) is 13.2. The molecule has 0 saturated heterocycles. The van der Waals surface area contributed by atoms with Gasteiger partial charge in [0.2, 0.25) is 0 Å². The van der Waals surface area contributed by atoms with E-state index >= 15 is 0 Å². The summed E-state index contributed by atoms with van der Waals surface area (Å²) in [5.74, 6) is -0.267. The molecule has 4 rings (SSSR count). The number of carbonyl (C=O) groups is 1. The van der Waals surface area contributed by atoms with Gasteiger partial charge < -0.3 is 0 Å². The Morgan fingerprint density at radius 3 is 2.50 bits per heavy atom. The van der Waals surface area contributed by atoms with Gasteiger partial charge in [-0.15, -0.1) is 11.3 Å². The van der Waals surface area contributed by atoms with Gasteiger partial charge in [-0.1, -0.05) is 11.3 Å². The number of rotatable bonds is 2. The molecule has 0 radical (unpaired) electrons. The molecule has 4 aromatic rings. The molecule has 0 saturated carbocycles. The van der Waals surface area contributed by atoms with Gasteiger partial charge in [0.25, 0.3) is 5.91 Å². The van der Waals surface area contributed by atoms with E-state index in [4.69, 9.17) is 0 Å². The van der Waals surface area contributed by atoms with Crippen LogP contribution in [0.2, 0.25) is 0 Å². The topological polar surface area (TPSA) is 80.7 Å². The zero-order chi connectivity index (χ0) is 15.1. The van der Waals surface area contributed by atoms with Crippen LogP contribution in [-0.2, 0) is 0 Å². The molecule has 0 aliphatic carbocycles. The van der Waals surface area contributed by atoms with Gasteiger partial charge >= 0.3 is 0 Å². The Bertz CT molecular complexity index is 992. The van der Waals surface area contributed by atoms with Gasteiger partial charge in [-0.3, -0.25) is 10.1 Å². The van der Waals surface area contributed by atoms with Crippen LogP contribution in [0.5, 0.6) is 0 Å². The van der Waals surface area contributed by atoms with Gasteiger partial charge in [0.05, 0.1) is 31.0 Å². The lowest BCUT2D eigenvalue weighted by atomic mass is 10.3. The van der Waals surface area contributed by atoms with E-state index in [9.17, 15) is 4.79 Å². The predicted octanol–water partition coefficient (Wildman–Crippen LogP) is 3.26. The average molecular weight is 327 g/mol. The highest BCUT2D eigenvalue weighted by Gasteiger charge is 2.13. The summed E-state index contributed by atoms with van der Waals surface area (Å²) in [6.07, 6.45) is 4.33. The van der Waals surface area contributed by atoms with E-state index in [2.05, 4.69) is 25.3 Å². The monoisotopic (exact) mass is 327 g/mol. The number of thiazole rings is 2. The molecule has 1 N–H and O–H groups in total. The SMILES string of the molecule is Cc1nc2ccc3nc(NC(=O)c4cncnc4)sc3c2s1. The minimum absolute atomic E-state index is 0.267. The highest BCUT2D eigenvalue weighted by Crippen LogP contribution is 2.35. The molecule has 0 aliphatic heterocycles. The first-order valence-corrected chi connectivity index (χ1v) is 8.07. The number of hydrogen-bond acceptors (Lipinski definition) is 7. The predicted molar refractivity (Wildman–Crippen MR) is 87.5 cm³/mol. The van der Waals surface area contributed by atoms with E-state index in [-0.39, 0.29) is 5.91 Å². The highest BCUT2D eigenvalue weighted by atomic mass is 32.1. The largest absolute Gasteiger partial charge is 0.298 e. The Balaban J connectivity index is 1.73. The van der Waals surface area contributed by atoms with Crippen LogP contribution in [0.3, 0.4) is 0 Å². The summed E-state index contributed by atoms with van der Waals surface area (Å²) in [5, 5.41) is 4.37. The minimum Gasteiger partial charge on any atom is -0.298 e. The van der Waals surface area contributed by atoms with Crippen LogP contribution in [-0.4, -0.2) is 25.8 Å². The second-order valence-electron chi connectivity index (χ2n) is 4.60. The summed E-state index contributed by atoms with van der Waals surface area (Å²) in [7, 11) is 0. The molecular formula is C14H9N5OS2.